The molecule has 0 aliphatic rings. The number of aromatic nitrogens is 1. The molecule has 1 N–H and O–H groups in total. The number of aryl methyl sites for hydroxylation is 2. The number of pyridine rings is 1. The van der Waals surface area contributed by atoms with Crippen LogP contribution < -0.4 is 5.32 Å². The molecule has 1 amide bonds. The first kappa shape index (κ1) is 13.8. The molecule has 0 saturated heterocycles. The van der Waals surface area contributed by atoms with Crippen LogP contribution >= 0.6 is 23.2 Å². The van der Waals surface area contributed by atoms with E-state index in [0.717, 1.165) is 11.3 Å². The van der Waals surface area contributed by atoms with Crippen molar-refractivity contribution in [1.29, 1.82) is 0 Å². The highest BCUT2D eigenvalue weighted by Gasteiger charge is 2.11. The largest absolute Gasteiger partial charge is 0.319 e. The Balaban J connectivity index is 2.25. The molecular formula is C14H12Cl2N2O. The molecule has 98 valence electrons. The average molecular weight is 295 g/mol. The Kier molecular flexibility index (Phi) is 4.08. The van der Waals surface area contributed by atoms with Crippen LogP contribution in [0.3, 0.4) is 0 Å². The van der Waals surface area contributed by atoms with Crippen LogP contribution in [0.25, 0.3) is 0 Å². The molecule has 0 radical (unpaired) electrons. The fourth-order valence-corrected chi connectivity index (χ4v) is 2.19. The lowest BCUT2D eigenvalue weighted by Crippen LogP contribution is -2.14. The van der Waals surface area contributed by atoms with E-state index in [0.29, 0.717) is 21.4 Å². The van der Waals surface area contributed by atoms with E-state index in [1.165, 1.54) is 0 Å². The summed E-state index contributed by atoms with van der Waals surface area (Å²) in [6, 6.07) is 8.54. The number of amides is 1. The van der Waals surface area contributed by atoms with Gasteiger partial charge in [-0.15, -0.1) is 0 Å². The minimum absolute atomic E-state index is 0.295. The van der Waals surface area contributed by atoms with Crippen molar-refractivity contribution in [3.05, 3.63) is 57.3 Å². The number of nitrogens with one attached hydrogen (secondary N) is 1. The smallest absolute Gasteiger partial charge is 0.274 e. The SMILES string of the molecule is Cc1cc(C)nc(C(=O)Nc2ccc(Cl)cc2Cl)c1. The molecule has 0 bridgehead atoms. The molecule has 0 fully saturated rings. The standard InChI is InChI=1S/C14H12Cl2N2O/c1-8-5-9(2)17-13(6-8)14(19)18-12-4-3-10(15)7-11(12)16/h3-7H,1-2H3,(H,18,19). The number of halogens is 2. The second-order valence-corrected chi connectivity index (χ2v) is 5.09. The van der Waals surface area contributed by atoms with E-state index >= 15 is 0 Å². The summed E-state index contributed by atoms with van der Waals surface area (Å²) in [5.74, 6) is -0.295. The molecule has 1 heterocycles. The maximum Gasteiger partial charge on any atom is 0.274 e. The van der Waals surface area contributed by atoms with E-state index in [4.69, 9.17) is 23.2 Å². The molecule has 2 aromatic rings. The minimum Gasteiger partial charge on any atom is -0.319 e. The quantitative estimate of drug-likeness (QED) is 0.899. The maximum absolute atomic E-state index is 12.1. The Labute approximate surface area is 121 Å². The van der Waals surface area contributed by atoms with Crippen LogP contribution in [-0.4, -0.2) is 10.9 Å². The van der Waals surface area contributed by atoms with Crippen LogP contribution in [0.15, 0.2) is 30.3 Å². The van der Waals surface area contributed by atoms with Gasteiger partial charge in [0.1, 0.15) is 5.69 Å². The number of hydrogen-bond acceptors (Lipinski definition) is 2. The van der Waals surface area contributed by atoms with E-state index < -0.39 is 0 Å². The zero-order valence-electron chi connectivity index (χ0n) is 10.5. The first-order valence-corrected chi connectivity index (χ1v) is 6.43. The van der Waals surface area contributed by atoms with Crippen LogP contribution in [0, 0.1) is 13.8 Å². The Hall–Kier alpha value is -1.58. The lowest BCUT2D eigenvalue weighted by Gasteiger charge is -2.08. The van der Waals surface area contributed by atoms with Gasteiger partial charge in [0, 0.05) is 10.7 Å². The molecule has 0 unspecified atom stereocenters. The highest BCUT2D eigenvalue weighted by Crippen LogP contribution is 2.25. The van der Waals surface area contributed by atoms with Gasteiger partial charge in [-0.3, -0.25) is 4.79 Å². The van der Waals surface area contributed by atoms with Crippen LogP contribution in [0.1, 0.15) is 21.7 Å². The van der Waals surface area contributed by atoms with Crippen molar-refractivity contribution in [2.24, 2.45) is 0 Å². The van der Waals surface area contributed by atoms with E-state index in [9.17, 15) is 4.79 Å². The molecule has 5 heteroatoms. The summed E-state index contributed by atoms with van der Waals surface area (Å²) >= 11 is 11.8. The van der Waals surface area contributed by atoms with Crippen LogP contribution in [0.2, 0.25) is 10.0 Å². The molecule has 1 aromatic heterocycles. The highest BCUT2D eigenvalue weighted by atomic mass is 35.5. The fourth-order valence-electron chi connectivity index (χ4n) is 1.73. The van der Waals surface area contributed by atoms with Gasteiger partial charge < -0.3 is 5.32 Å². The van der Waals surface area contributed by atoms with Crippen molar-refractivity contribution >= 4 is 34.8 Å². The third-order valence-electron chi connectivity index (χ3n) is 2.51. The molecule has 19 heavy (non-hydrogen) atoms. The Morgan fingerprint density at radius 2 is 1.89 bits per heavy atom. The van der Waals surface area contributed by atoms with Gasteiger partial charge in [0.15, 0.2) is 0 Å². The molecule has 0 aliphatic heterocycles. The van der Waals surface area contributed by atoms with Crippen molar-refractivity contribution in [2.45, 2.75) is 13.8 Å². The minimum atomic E-state index is -0.295. The molecule has 0 spiro atoms. The first-order valence-electron chi connectivity index (χ1n) is 5.67. The predicted octanol–water partition coefficient (Wildman–Crippen LogP) is 4.26. The number of rotatable bonds is 2. The number of nitrogens with zero attached hydrogens (tertiary/aromatic N) is 1. The normalized spacial score (nSPS) is 10.3. The average Bonchev–Trinajstić information content (AvgIpc) is 2.31. The first-order chi connectivity index (χ1) is 8.95. The van der Waals surface area contributed by atoms with Gasteiger partial charge in [0.05, 0.1) is 10.7 Å². The molecule has 0 atom stereocenters. The summed E-state index contributed by atoms with van der Waals surface area (Å²) < 4.78 is 0. The van der Waals surface area contributed by atoms with E-state index in [1.807, 2.05) is 19.9 Å². The maximum atomic E-state index is 12.1. The number of benzene rings is 1. The zero-order chi connectivity index (χ0) is 14.0. The monoisotopic (exact) mass is 294 g/mol. The topological polar surface area (TPSA) is 42.0 Å². The third-order valence-corrected chi connectivity index (χ3v) is 3.06. The Morgan fingerprint density at radius 3 is 2.53 bits per heavy atom. The van der Waals surface area contributed by atoms with Crippen LogP contribution in [0.5, 0.6) is 0 Å². The Morgan fingerprint density at radius 1 is 1.16 bits per heavy atom. The summed E-state index contributed by atoms with van der Waals surface area (Å²) in [6.07, 6.45) is 0. The highest BCUT2D eigenvalue weighted by molar-refractivity contribution is 6.36. The van der Waals surface area contributed by atoms with Crippen LogP contribution in [0.4, 0.5) is 5.69 Å². The number of carbonyl (C=O) groups is 1. The van der Waals surface area contributed by atoms with Gasteiger partial charge in [-0.2, -0.15) is 0 Å². The van der Waals surface area contributed by atoms with Crippen molar-refractivity contribution in [3.63, 3.8) is 0 Å². The molecule has 0 aliphatic carbocycles. The number of anilines is 1. The predicted molar refractivity (Wildman–Crippen MR) is 78.1 cm³/mol. The fraction of sp³-hybridized carbons (Fsp3) is 0.143. The second-order valence-electron chi connectivity index (χ2n) is 4.25. The summed E-state index contributed by atoms with van der Waals surface area (Å²) in [5.41, 5.74) is 2.66. The molecular weight excluding hydrogens is 283 g/mol. The number of carbonyl (C=O) groups excluding carboxylic acids is 1. The van der Waals surface area contributed by atoms with Gasteiger partial charge in [0.25, 0.3) is 5.91 Å². The summed E-state index contributed by atoms with van der Waals surface area (Å²) in [6.45, 7) is 3.76. The molecule has 3 nitrogen and oxygen atoms in total. The zero-order valence-corrected chi connectivity index (χ0v) is 12.0. The van der Waals surface area contributed by atoms with Gasteiger partial charge in [-0.05, 0) is 49.7 Å². The van der Waals surface area contributed by atoms with Crippen molar-refractivity contribution in [3.8, 4) is 0 Å². The van der Waals surface area contributed by atoms with Crippen molar-refractivity contribution in [2.75, 3.05) is 5.32 Å². The molecule has 0 saturated carbocycles. The third kappa shape index (κ3) is 3.46. The number of hydrogen-bond donors (Lipinski definition) is 1. The summed E-state index contributed by atoms with van der Waals surface area (Å²) in [7, 11) is 0. The van der Waals surface area contributed by atoms with Crippen molar-refractivity contribution < 1.29 is 4.79 Å². The van der Waals surface area contributed by atoms with Gasteiger partial charge in [-0.1, -0.05) is 23.2 Å². The van der Waals surface area contributed by atoms with Crippen molar-refractivity contribution in [1.82, 2.24) is 4.98 Å². The lowest BCUT2D eigenvalue weighted by molar-refractivity contribution is 0.102. The lowest BCUT2D eigenvalue weighted by atomic mass is 10.2. The molecule has 1 aromatic carbocycles. The summed E-state index contributed by atoms with van der Waals surface area (Å²) in [4.78, 5) is 16.3. The summed E-state index contributed by atoms with van der Waals surface area (Å²) in [5, 5.41) is 3.63. The molecule has 2 rings (SSSR count). The van der Waals surface area contributed by atoms with E-state index in [1.54, 1.807) is 24.3 Å². The van der Waals surface area contributed by atoms with Gasteiger partial charge >= 0.3 is 0 Å². The van der Waals surface area contributed by atoms with Gasteiger partial charge in [0.2, 0.25) is 0 Å². The second kappa shape index (κ2) is 5.59. The van der Waals surface area contributed by atoms with E-state index in [-0.39, 0.29) is 5.91 Å². The Bertz CT molecular complexity index is 621. The van der Waals surface area contributed by atoms with Gasteiger partial charge in [-0.25, -0.2) is 4.98 Å². The van der Waals surface area contributed by atoms with Crippen LogP contribution in [-0.2, 0) is 0 Å². The van der Waals surface area contributed by atoms with E-state index in [2.05, 4.69) is 10.3 Å².